The lowest BCUT2D eigenvalue weighted by Gasteiger charge is -2.25. The van der Waals surface area contributed by atoms with Crippen LogP contribution in [0.4, 0.5) is 11.4 Å². The van der Waals surface area contributed by atoms with Gasteiger partial charge in [-0.25, -0.2) is 0 Å². The minimum Gasteiger partial charge on any atom is -0.354 e. The van der Waals surface area contributed by atoms with Gasteiger partial charge < -0.3 is 5.32 Å². The van der Waals surface area contributed by atoms with Gasteiger partial charge in [-0.15, -0.1) is 0 Å². The van der Waals surface area contributed by atoms with Gasteiger partial charge in [-0.05, 0) is 117 Å². The zero-order valence-electron chi connectivity index (χ0n) is 25.3. The maximum atomic E-state index is 4.21. The molecule has 6 aromatic rings. The van der Waals surface area contributed by atoms with Crippen molar-refractivity contribution < 1.29 is 0 Å². The molecule has 0 aliphatic heterocycles. The second-order valence-electron chi connectivity index (χ2n) is 12.3. The summed E-state index contributed by atoms with van der Waals surface area (Å²) < 4.78 is 0. The SMILES string of the molecule is Cc1ccccc1-c1cc2c(c(Nc3c(C)c(C)cc4c3Cc3ccccc3-4)c1-c1ccccc1C)Cc1ccccc1-2. The second kappa shape index (κ2) is 9.85. The number of fused-ring (bicyclic) bond motifs is 6. The molecule has 0 radical (unpaired) electrons. The van der Waals surface area contributed by atoms with Crippen LogP contribution in [0.1, 0.15) is 44.5 Å². The molecule has 0 aromatic heterocycles. The molecule has 1 N–H and O–H groups in total. The first kappa shape index (κ1) is 25.8. The van der Waals surface area contributed by atoms with Gasteiger partial charge in [0, 0.05) is 24.1 Å². The van der Waals surface area contributed by atoms with E-state index in [1.807, 2.05) is 0 Å². The molecule has 2 aliphatic carbocycles. The van der Waals surface area contributed by atoms with Gasteiger partial charge in [0.2, 0.25) is 0 Å². The van der Waals surface area contributed by atoms with E-state index in [1.54, 1.807) is 0 Å². The molecule has 0 saturated heterocycles. The quantitative estimate of drug-likeness (QED) is 0.229. The summed E-state index contributed by atoms with van der Waals surface area (Å²) in [4.78, 5) is 0. The third kappa shape index (κ3) is 3.99. The van der Waals surface area contributed by atoms with E-state index in [4.69, 9.17) is 0 Å². The number of hydrogen-bond acceptors (Lipinski definition) is 1. The maximum absolute atomic E-state index is 4.21. The Labute approximate surface area is 254 Å². The van der Waals surface area contributed by atoms with Crippen LogP contribution in [-0.4, -0.2) is 0 Å². The zero-order chi connectivity index (χ0) is 29.2. The maximum Gasteiger partial charge on any atom is 0.0512 e. The predicted molar refractivity (Wildman–Crippen MR) is 182 cm³/mol. The lowest BCUT2D eigenvalue weighted by atomic mass is 9.85. The van der Waals surface area contributed by atoms with Gasteiger partial charge in [-0.2, -0.15) is 0 Å². The van der Waals surface area contributed by atoms with Crippen LogP contribution in [0.2, 0.25) is 0 Å². The van der Waals surface area contributed by atoms with Crippen molar-refractivity contribution in [3.8, 4) is 44.5 Å². The number of anilines is 2. The van der Waals surface area contributed by atoms with Gasteiger partial charge in [-0.1, -0.05) is 103 Å². The molecule has 1 nitrogen and oxygen atoms in total. The van der Waals surface area contributed by atoms with Crippen molar-refractivity contribution in [3.63, 3.8) is 0 Å². The molecular formula is C42H35N. The summed E-state index contributed by atoms with van der Waals surface area (Å²) >= 11 is 0. The third-order valence-electron chi connectivity index (χ3n) is 9.84. The summed E-state index contributed by atoms with van der Waals surface area (Å²) in [6.07, 6.45) is 1.88. The second-order valence-corrected chi connectivity index (χ2v) is 12.3. The van der Waals surface area contributed by atoms with Crippen molar-refractivity contribution in [2.45, 2.75) is 40.5 Å². The molecule has 0 atom stereocenters. The molecular weight excluding hydrogens is 518 g/mol. The molecule has 6 aromatic carbocycles. The van der Waals surface area contributed by atoms with Crippen molar-refractivity contribution in [2.75, 3.05) is 5.32 Å². The van der Waals surface area contributed by atoms with Crippen molar-refractivity contribution in [1.29, 1.82) is 0 Å². The normalized spacial score (nSPS) is 12.5. The van der Waals surface area contributed by atoms with Crippen LogP contribution >= 0.6 is 0 Å². The van der Waals surface area contributed by atoms with E-state index in [2.05, 4.69) is 142 Å². The fourth-order valence-corrected chi connectivity index (χ4v) is 7.45. The van der Waals surface area contributed by atoms with Crippen LogP contribution in [-0.2, 0) is 12.8 Å². The summed E-state index contributed by atoms with van der Waals surface area (Å²) in [7, 11) is 0. The molecule has 0 amide bonds. The van der Waals surface area contributed by atoms with Crippen molar-refractivity contribution in [3.05, 3.63) is 154 Å². The number of aryl methyl sites for hydroxylation is 3. The molecule has 0 bridgehead atoms. The fraction of sp³-hybridized carbons (Fsp3) is 0.143. The molecule has 43 heavy (non-hydrogen) atoms. The molecule has 8 rings (SSSR count). The highest BCUT2D eigenvalue weighted by Gasteiger charge is 2.30. The Morgan fingerprint density at radius 1 is 0.419 bits per heavy atom. The standard InChI is InChI=1S/C42H35N/c1-25-13-5-9-17-31(25)37-24-36-34-20-12-8-16-30(34)23-39(36)42(40(37)32-18-10-6-14-26(32)2)43-41-28(4)27(3)21-35-33-19-11-7-15-29(33)22-38(35)41/h5-21,24,43H,22-23H2,1-4H3. The summed E-state index contributed by atoms with van der Waals surface area (Å²) in [6, 6.07) is 40.5. The Balaban J connectivity index is 1.46. The predicted octanol–water partition coefficient (Wildman–Crippen LogP) is 11.1. The Morgan fingerprint density at radius 2 is 0.907 bits per heavy atom. The summed E-state index contributed by atoms with van der Waals surface area (Å²) in [5.41, 5.74) is 23.9. The molecule has 0 spiro atoms. The molecule has 0 saturated carbocycles. The lowest BCUT2D eigenvalue weighted by Crippen LogP contribution is -2.06. The van der Waals surface area contributed by atoms with Crippen molar-refractivity contribution in [2.24, 2.45) is 0 Å². The number of rotatable bonds is 4. The number of benzene rings is 6. The molecule has 0 heterocycles. The minimum absolute atomic E-state index is 0.925. The van der Waals surface area contributed by atoms with Gasteiger partial charge in [0.15, 0.2) is 0 Å². The van der Waals surface area contributed by atoms with Crippen LogP contribution in [0, 0.1) is 27.7 Å². The Morgan fingerprint density at radius 3 is 1.51 bits per heavy atom. The van der Waals surface area contributed by atoms with Crippen molar-refractivity contribution >= 4 is 11.4 Å². The molecule has 208 valence electrons. The number of hydrogen-bond donors (Lipinski definition) is 1. The van der Waals surface area contributed by atoms with Gasteiger partial charge in [-0.3, -0.25) is 0 Å². The van der Waals surface area contributed by atoms with E-state index in [-0.39, 0.29) is 0 Å². The van der Waals surface area contributed by atoms with Crippen molar-refractivity contribution in [1.82, 2.24) is 0 Å². The zero-order valence-corrected chi connectivity index (χ0v) is 25.3. The molecule has 0 fully saturated rings. The Hall–Kier alpha value is -4.88. The summed E-state index contributed by atoms with van der Waals surface area (Å²) in [6.45, 7) is 9.03. The number of nitrogens with one attached hydrogen (secondary N) is 1. The molecule has 0 unspecified atom stereocenters. The van der Waals surface area contributed by atoms with Gasteiger partial charge in [0.25, 0.3) is 0 Å². The first-order chi connectivity index (χ1) is 21.0. The fourth-order valence-electron chi connectivity index (χ4n) is 7.45. The monoisotopic (exact) mass is 553 g/mol. The van der Waals surface area contributed by atoms with Crippen LogP contribution in [0.25, 0.3) is 44.5 Å². The average molecular weight is 554 g/mol. The highest BCUT2D eigenvalue weighted by molar-refractivity contribution is 6.02. The first-order valence-corrected chi connectivity index (χ1v) is 15.4. The van der Waals surface area contributed by atoms with E-state index >= 15 is 0 Å². The smallest absolute Gasteiger partial charge is 0.0512 e. The van der Waals surface area contributed by atoms with E-state index in [9.17, 15) is 0 Å². The summed E-state index contributed by atoms with van der Waals surface area (Å²) in [5, 5.41) is 4.21. The van der Waals surface area contributed by atoms with Gasteiger partial charge in [0.1, 0.15) is 0 Å². The van der Waals surface area contributed by atoms with E-state index < -0.39 is 0 Å². The Kier molecular flexibility index (Phi) is 5.91. The van der Waals surface area contributed by atoms with Crippen LogP contribution < -0.4 is 5.32 Å². The van der Waals surface area contributed by atoms with E-state index in [0.29, 0.717) is 0 Å². The van der Waals surface area contributed by atoms with Gasteiger partial charge in [0.05, 0.1) is 5.69 Å². The highest BCUT2D eigenvalue weighted by atomic mass is 14.9. The van der Waals surface area contributed by atoms with Crippen LogP contribution in [0.3, 0.4) is 0 Å². The van der Waals surface area contributed by atoms with Crippen LogP contribution in [0.5, 0.6) is 0 Å². The van der Waals surface area contributed by atoms with E-state index in [0.717, 1.165) is 12.8 Å². The molecule has 2 aliphatic rings. The summed E-state index contributed by atoms with van der Waals surface area (Å²) in [5.74, 6) is 0. The van der Waals surface area contributed by atoms with Crippen LogP contribution in [0.15, 0.2) is 109 Å². The minimum atomic E-state index is 0.925. The largest absolute Gasteiger partial charge is 0.354 e. The van der Waals surface area contributed by atoms with Gasteiger partial charge >= 0.3 is 0 Å². The third-order valence-corrected chi connectivity index (χ3v) is 9.84. The molecule has 1 heteroatoms. The first-order valence-electron chi connectivity index (χ1n) is 15.4. The topological polar surface area (TPSA) is 12.0 Å². The van der Waals surface area contributed by atoms with E-state index in [1.165, 1.54) is 100 Å². The highest BCUT2D eigenvalue weighted by Crippen LogP contribution is 2.52. The Bertz CT molecular complexity index is 2090. The lowest BCUT2D eigenvalue weighted by molar-refractivity contribution is 1.21. The average Bonchev–Trinajstić information content (AvgIpc) is 3.58.